The van der Waals surface area contributed by atoms with Crippen LogP contribution in [-0.2, 0) is 16.2 Å². The number of alkyl halides is 3. The van der Waals surface area contributed by atoms with E-state index in [1.165, 1.54) is 7.05 Å². The average Bonchev–Trinajstić information content (AvgIpc) is 2.34. The fourth-order valence-electron chi connectivity index (χ4n) is 1.51. The third-order valence-corrected chi connectivity index (χ3v) is 4.76. The van der Waals surface area contributed by atoms with Gasteiger partial charge in [-0.15, -0.1) is 0 Å². The fraction of sp³-hybridized carbons (Fsp3) is 0.455. The first-order valence-corrected chi connectivity index (χ1v) is 7.40. The summed E-state index contributed by atoms with van der Waals surface area (Å²) >= 11 is 5.52. The van der Waals surface area contributed by atoms with Crippen molar-refractivity contribution in [3.63, 3.8) is 0 Å². The molecule has 0 amide bonds. The van der Waals surface area contributed by atoms with Crippen LogP contribution in [0.15, 0.2) is 23.1 Å². The number of sulfonamides is 1. The fourth-order valence-corrected chi connectivity index (χ4v) is 3.04. The van der Waals surface area contributed by atoms with Crippen LogP contribution < -0.4 is 5.32 Å². The Morgan fingerprint density at radius 2 is 1.95 bits per heavy atom. The van der Waals surface area contributed by atoms with Gasteiger partial charge < -0.3 is 5.32 Å². The molecule has 0 unspecified atom stereocenters. The standard InChI is InChI=1S/C11H14ClF3N2O2S/c1-16-5-6-17(2)20(18,19)10-4-3-8(12)7-9(10)11(13,14)15/h3-4,7,16H,5-6H2,1-2H3. The first kappa shape index (κ1) is 17.2. The summed E-state index contributed by atoms with van der Waals surface area (Å²) in [4.78, 5) is -0.798. The molecule has 0 aromatic heterocycles. The van der Waals surface area contributed by atoms with Crippen molar-refractivity contribution in [1.29, 1.82) is 0 Å². The summed E-state index contributed by atoms with van der Waals surface area (Å²) in [6.45, 7) is 0.378. The Morgan fingerprint density at radius 3 is 2.45 bits per heavy atom. The van der Waals surface area contributed by atoms with Crippen LogP contribution in [-0.4, -0.2) is 39.9 Å². The van der Waals surface area contributed by atoms with Crippen molar-refractivity contribution in [1.82, 2.24) is 9.62 Å². The van der Waals surface area contributed by atoms with E-state index in [9.17, 15) is 21.6 Å². The smallest absolute Gasteiger partial charge is 0.318 e. The van der Waals surface area contributed by atoms with Crippen molar-refractivity contribution < 1.29 is 21.6 Å². The monoisotopic (exact) mass is 330 g/mol. The van der Waals surface area contributed by atoms with E-state index in [0.717, 1.165) is 16.4 Å². The van der Waals surface area contributed by atoms with E-state index < -0.39 is 26.7 Å². The van der Waals surface area contributed by atoms with E-state index in [4.69, 9.17) is 11.6 Å². The highest BCUT2D eigenvalue weighted by atomic mass is 35.5. The van der Waals surface area contributed by atoms with Gasteiger partial charge in [-0.1, -0.05) is 11.6 Å². The van der Waals surface area contributed by atoms with Gasteiger partial charge in [0.05, 0.1) is 10.5 Å². The van der Waals surface area contributed by atoms with E-state index in [2.05, 4.69) is 5.32 Å². The summed E-state index contributed by atoms with van der Waals surface area (Å²) in [6, 6.07) is 2.60. The molecule has 114 valence electrons. The van der Waals surface area contributed by atoms with Crippen LogP contribution in [0.4, 0.5) is 13.2 Å². The Balaban J connectivity index is 3.32. The summed E-state index contributed by atoms with van der Waals surface area (Å²) < 4.78 is 64.0. The molecule has 1 aromatic carbocycles. The molecule has 0 heterocycles. The average molecular weight is 331 g/mol. The zero-order valence-corrected chi connectivity index (χ0v) is 12.4. The molecule has 0 aliphatic heterocycles. The van der Waals surface area contributed by atoms with Crippen LogP contribution in [0.2, 0.25) is 5.02 Å². The lowest BCUT2D eigenvalue weighted by Gasteiger charge is -2.20. The van der Waals surface area contributed by atoms with E-state index in [0.29, 0.717) is 12.6 Å². The highest BCUT2D eigenvalue weighted by Gasteiger charge is 2.38. The van der Waals surface area contributed by atoms with E-state index in [1.54, 1.807) is 7.05 Å². The molecule has 1 aromatic rings. The lowest BCUT2D eigenvalue weighted by Crippen LogP contribution is -2.34. The topological polar surface area (TPSA) is 49.4 Å². The number of hydrogen-bond acceptors (Lipinski definition) is 3. The normalized spacial score (nSPS) is 12.9. The van der Waals surface area contributed by atoms with Crippen LogP contribution in [0.1, 0.15) is 5.56 Å². The number of rotatable bonds is 5. The van der Waals surface area contributed by atoms with Gasteiger partial charge in [-0.05, 0) is 25.2 Å². The van der Waals surface area contributed by atoms with Crippen molar-refractivity contribution in [2.24, 2.45) is 0 Å². The summed E-state index contributed by atoms with van der Waals surface area (Å²) in [6.07, 6.45) is -4.79. The Morgan fingerprint density at radius 1 is 1.35 bits per heavy atom. The highest BCUT2D eigenvalue weighted by Crippen LogP contribution is 2.36. The molecule has 0 radical (unpaired) electrons. The van der Waals surface area contributed by atoms with Crippen molar-refractivity contribution >= 4 is 21.6 Å². The van der Waals surface area contributed by atoms with Crippen LogP contribution >= 0.6 is 11.6 Å². The van der Waals surface area contributed by atoms with Gasteiger partial charge in [0, 0.05) is 25.2 Å². The molecule has 0 atom stereocenters. The Labute approximate surface area is 120 Å². The second-order valence-corrected chi connectivity index (χ2v) is 6.52. The van der Waals surface area contributed by atoms with Gasteiger partial charge in [0.15, 0.2) is 0 Å². The summed E-state index contributed by atoms with van der Waals surface area (Å²) in [5.74, 6) is 0. The molecule has 4 nitrogen and oxygen atoms in total. The molecular weight excluding hydrogens is 317 g/mol. The van der Waals surface area contributed by atoms with E-state index in [-0.39, 0.29) is 11.6 Å². The maximum absolute atomic E-state index is 12.9. The van der Waals surface area contributed by atoms with E-state index in [1.807, 2.05) is 0 Å². The first-order chi connectivity index (χ1) is 9.10. The van der Waals surface area contributed by atoms with Crippen molar-refractivity contribution in [3.8, 4) is 0 Å². The van der Waals surface area contributed by atoms with Gasteiger partial charge in [-0.3, -0.25) is 0 Å². The minimum Gasteiger partial charge on any atom is -0.318 e. The molecule has 0 aliphatic carbocycles. The number of nitrogens with one attached hydrogen (secondary N) is 1. The molecule has 0 saturated carbocycles. The van der Waals surface area contributed by atoms with Crippen molar-refractivity contribution in [2.75, 3.05) is 27.2 Å². The zero-order valence-electron chi connectivity index (χ0n) is 10.8. The van der Waals surface area contributed by atoms with Crippen LogP contribution in [0.25, 0.3) is 0 Å². The minimum atomic E-state index is -4.79. The van der Waals surface area contributed by atoms with Crippen molar-refractivity contribution in [2.45, 2.75) is 11.1 Å². The third kappa shape index (κ3) is 3.85. The van der Waals surface area contributed by atoms with Gasteiger partial charge in [0.2, 0.25) is 10.0 Å². The lowest BCUT2D eigenvalue weighted by molar-refractivity contribution is -0.139. The second kappa shape index (κ2) is 6.30. The van der Waals surface area contributed by atoms with Crippen LogP contribution in [0.3, 0.4) is 0 Å². The maximum atomic E-state index is 12.9. The number of benzene rings is 1. The number of hydrogen-bond donors (Lipinski definition) is 1. The number of nitrogens with zero attached hydrogens (tertiary/aromatic N) is 1. The van der Waals surface area contributed by atoms with Gasteiger partial charge in [-0.25, -0.2) is 8.42 Å². The molecule has 0 bridgehead atoms. The Hall–Kier alpha value is -0.830. The number of halogens is 4. The molecular formula is C11H14ClF3N2O2S. The first-order valence-electron chi connectivity index (χ1n) is 5.58. The molecule has 0 spiro atoms. The lowest BCUT2D eigenvalue weighted by atomic mass is 10.2. The maximum Gasteiger partial charge on any atom is 0.417 e. The molecule has 0 fully saturated rings. The molecule has 9 heteroatoms. The summed E-state index contributed by atoms with van der Waals surface area (Å²) in [5.41, 5.74) is -1.26. The number of likely N-dealkylation sites (N-methyl/N-ethyl adjacent to an activating group) is 2. The SMILES string of the molecule is CNCCN(C)S(=O)(=O)c1ccc(Cl)cc1C(F)(F)F. The highest BCUT2D eigenvalue weighted by molar-refractivity contribution is 7.89. The zero-order chi connectivity index (χ0) is 15.6. The third-order valence-electron chi connectivity index (χ3n) is 2.61. The largest absolute Gasteiger partial charge is 0.417 e. The summed E-state index contributed by atoms with van der Waals surface area (Å²) in [7, 11) is -1.39. The van der Waals surface area contributed by atoms with E-state index >= 15 is 0 Å². The molecule has 0 aliphatic rings. The molecule has 1 rings (SSSR count). The van der Waals surface area contributed by atoms with Crippen LogP contribution in [0.5, 0.6) is 0 Å². The Bertz CT molecular complexity index is 576. The Kier molecular flexibility index (Phi) is 5.42. The van der Waals surface area contributed by atoms with Gasteiger partial charge >= 0.3 is 6.18 Å². The van der Waals surface area contributed by atoms with Gasteiger partial charge in [0.25, 0.3) is 0 Å². The molecule has 20 heavy (non-hydrogen) atoms. The predicted octanol–water partition coefficient (Wildman–Crippen LogP) is 2.20. The summed E-state index contributed by atoms with van der Waals surface area (Å²) in [5, 5.41) is 2.55. The quantitative estimate of drug-likeness (QED) is 0.900. The van der Waals surface area contributed by atoms with Crippen LogP contribution in [0, 0.1) is 0 Å². The molecule has 0 saturated heterocycles. The second-order valence-electron chi connectivity index (χ2n) is 4.07. The van der Waals surface area contributed by atoms with Crippen molar-refractivity contribution in [3.05, 3.63) is 28.8 Å². The molecule has 1 N–H and O–H groups in total. The van der Waals surface area contributed by atoms with Gasteiger partial charge in [-0.2, -0.15) is 17.5 Å². The minimum absolute atomic E-state index is 0.0543. The van der Waals surface area contributed by atoms with Gasteiger partial charge in [0.1, 0.15) is 0 Å². The predicted molar refractivity (Wildman–Crippen MR) is 70.2 cm³/mol.